The second kappa shape index (κ2) is 7.13. The zero-order chi connectivity index (χ0) is 17.0. The molecule has 0 radical (unpaired) electrons. The summed E-state index contributed by atoms with van der Waals surface area (Å²) in [7, 11) is 3.26. The van der Waals surface area contributed by atoms with E-state index >= 15 is 0 Å². The van der Waals surface area contributed by atoms with E-state index in [2.05, 4.69) is 0 Å². The number of hydrogen-bond acceptors (Lipinski definition) is 5. The molecule has 0 bridgehead atoms. The minimum absolute atomic E-state index is 0.132. The molecule has 0 aromatic heterocycles. The summed E-state index contributed by atoms with van der Waals surface area (Å²) in [6, 6.07) is 9.68. The standard InChI is InChI=1S/C18H21NO4/c1-12-15(10-23-11-20)17(14-8-6-5-7-9-14)16(18(21)22-4)13(2)19(12)3/h5-9,11,17H,10H2,1-4H3. The van der Waals surface area contributed by atoms with E-state index in [9.17, 15) is 9.59 Å². The summed E-state index contributed by atoms with van der Waals surface area (Å²) in [4.78, 5) is 25.0. The predicted molar refractivity (Wildman–Crippen MR) is 86.4 cm³/mol. The molecule has 1 atom stereocenters. The van der Waals surface area contributed by atoms with Crippen molar-refractivity contribution in [2.45, 2.75) is 19.8 Å². The van der Waals surface area contributed by atoms with Crippen LogP contribution < -0.4 is 0 Å². The highest BCUT2D eigenvalue weighted by atomic mass is 16.5. The third-order valence-corrected chi connectivity index (χ3v) is 4.34. The maximum Gasteiger partial charge on any atom is 0.336 e. The van der Waals surface area contributed by atoms with Crippen LogP contribution in [0.5, 0.6) is 0 Å². The summed E-state index contributed by atoms with van der Waals surface area (Å²) in [5.74, 6) is -0.667. The first-order valence-corrected chi connectivity index (χ1v) is 7.35. The number of methoxy groups -OCH3 is 1. The van der Waals surface area contributed by atoms with Gasteiger partial charge in [-0.2, -0.15) is 0 Å². The van der Waals surface area contributed by atoms with Crippen LogP contribution in [0.3, 0.4) is 0 Å². The topological polar surface area (TPSA) is 55.8 Å². The average Bonchev–Trinajstić information content (AvgIpc) is 2.58. The van der Waals surface area contributed by atoms with E-state index in [0.29, 0.717) is 12.0 Å². The van der Waals surface area contributed by atoms with Gasteiger partial charge in [0.15, 0.2) is 0 Å². The first kappa shape index (κ1) is 16.8. The number of esters is 1. The highest BCUT2D eigenvalue weighted by molar-refractivity contribution is 5.92. The molecule has 1 heterocycles. The van der Waals surface area contributed by atoms with E-state index in [0.717, 1.165) is 22.5 Å². The Hall–Kier alpha value is -2.56. The van der Waals surface area contributed by atoms with Crippen LogP contribution in [0, 0.1) is 0 Å². The molecule has 0 saturated carbocycles. The number of allylic oxidation sites excluding steroid dienone is 2. The quantitative estimate of drug-likeness (QED) is 0.617. The largest absolute Gasteiger partial charge is 0.466 e. The number of carbonyl (C=O) groups excluding carboxylic acids is 2. The van der Waals surface area contributed by atoms with Crippen LogP contribution >= 0.6 is 0 Å². The van der Waals surface area contributed by atoms with Crippen molar-refractivity contribution in [3.8, 4) is 0 Å². The molecule has 5 heteroatoms. The molecule has 0 N–H and O–H groups in total. The minimum atomic E-state index is -0.376. The van der Waals surface area contributed by atoms with Gasteiger partial charge in [0.2, 0.25) is 0 Å². The fourth-order valence-corrected chi connectivity index (χ4v) is 2.94. The van der Waals surface area contributed by atoms with Crippen LogP contribution in [0.1, 0.15) is 25.3 Å². The fourth-order valence-electron chi connectivity index (χ4n) is 2.94. The van der Waals surface area contributed by atoms with Crippen molar-refractivity contribution in [2.75, 3.05) is 20.8 Å². The molecule has 1 aromatic rings. The monoisotopic (exact) mass is 315 g/mol. The Bertz CT molecular complexity index is 661. The summed E-state index contributed by atoms with van der Waals surface area (Å²) >= 11 is 0. The van der Waals surface area contributed by atoms with Gasteiger partial charge in [-0.15, -0.1) is 0 Å². The van der Waals surface area contributed by atoms with Gasteiger partial charge < -0.3 is 14.4 Å². The number of benzene rings is 1. The zero-order valence-electron chi connectivity index (χ0n) is 13.8. The number of carbonyl (C=O) groups is 2. The van der Waals surface area contributed by atoms with E-state index in [4.69, 9.17) is 9.47 Å². The highest BCUT2D eigenvalue weighted by Gasteiger charge is 2.35. The van der Waals surface area contributed by atoms with Gasteiger partial charge in [-0.05, 0) is 25.0 Å². The number of rotatable bonds is 5. The summed E-state index contributed by atoms with van der Waals surface area (Å²) in [5, 5.41) is 0. The maximum absolute atomic E-state index is 12.4. The second-order valence-electron chi connectivity index (χ2n) is 5.41. The Morgan fingerprint density at radius 3 is 2.43 bits per heavy atom. The van der Waals surface area contributed by atoms with Crippen LogP contribution in [0.2, 0.25) is 0 Å². The first-order valence-electron chi connectivity index (χ1n) is 7.35. The van der Waals surface area contributed by atoms with Crippen LogP contribution in [0.4, 0.5) is 0 Å². The normalized spacial score (nSPS) is 18.1. The predicted octanol–water partition coefficient (Wildman–Crippen LogP) is 2.61. The summed E-state index contributed by atoms with van der Waals surface area (Å²) in [6.45, 7) is 4.40. The molecule has 1 aliphatic heterocycles. The molecular formula is C18H21NO4. The van der Waals surface area contributed by atoms with Crippen molar-refractivity contribution in [1.82, 2.24) is 4.90 Å². The van der Waals surface area contributed by atoms with Crippen LogP contribution in [-0.2, 0) is 19.1 Å². The summed E-state index contributed by atoms with van der Waals surface area (Å²) in [6.07, 6.45) is 0. The molecule has 1 unspecified atom stereocenters. The molecule has 0 aliphatic carbocycles. The van der Waals surface area contributed by atoms with Gasteiger partial charge >= 0.3 is 5.97 Å². The highest BCUT2D eigenvalue weighted by Crippen LogP contribution is 2.41. The Kier molecular flexibility index (Phi) is 5.21. The molecule has 0 saturated heterocycles. The van der Waals surface area contributed by atoms with Gasteiger partial charge in [-0.3, -0.25) is 4.79 Å². The van der Waals surface area contributed by atoms with Crippen LogP contribution in [0.25, 0.3) is 0 Å². The average molecular weight is 315 g/mol. The van der Waals surface area contributed by atoms with Gasteiger partial charge in [0.05, 0.1) is 12.7 Å². The number of nitrogens with zero attached hydrogens (tertiary/aromatic N) is 1. The van der Waals surface area contributed by atoms with Crippen molar-refractivity contribution in [1.29, 1.82) is 0 Å². The Balaban J connectivity index is 2.63. The molecule has 0 fully saturated rings. The van der Waals surface area contributed by atoms with Gasteiger partial charge in [-0.1, -0.05) is 30.3 Å². The smallest absolute Gasteiger partial charge is 0.336 e. The van der Waals surface area contributed by atoms with Crippen molar-refractivity contribution in [3.63, 3.8) is 0 Å². The molecule has 0 amide bonds. The van der Waals surface area contributed by atoms with Crippen molar-refractivity contribution in [3.05, 3.63) is 58.4 Å². The molecule has 1 aromatic carbocycles. The number of ether oxygens (including phenoxy) is 2. The third kappa shape index (κ3) is 3.13. The lowest BCUT2D eigenvalue weighted by Crippen LogP contribution is -2.31. The summed E-state index contributed by atoms with van der Waals surface area (Å²) in [5.41, 5.74) is 4.20. The van der Waals surface area contributed by atoms with E-state index in [1.165, 1.54) is 7.11 Å². The Labute approximate surface area is 136 Å². The third-order valence-electron chi connectivity index (χ3n) is 4.34. The van der Waals surface area contributed by atoms with Crippen molar-refractivity contribution < 1.29 is 19.1 Å². The van der Waals surface area contributed by atoms with E-state index in [1.54, 1.807) is 0 Å². The lowest BCUT2D eigenvalue weighted by atomic mass is 9.80. The molecule has 23 heavy (non-hydrogen) atoms. The summed E-state index contributed by atoms with van der Waals surface area (Å²) < 4.78 is 9.99. The van der Waals surface area contributed by atoms with Gasteiger partial charge in [0.25, 0.3) is 6.47 Å². The molecule has 1 aliphatic rings. The van der Waals surface area contributed by atoms with Crippen molar-refractivity contribution >= 4 is 12.4 Å². The molecule has 5 nitrogen and oxygen atoms in total. The molecule has 0 spiro atoms. The molecular weight excluding hydrogens is 294 g/mol. The number of hydrogen-bond donors (Lipinski definition) is 0. The van der Waals surface area contributed by atoms with E-state index in [1.807, 2.05) is 56.1 Å². The maximum atomic E-state index is 12.4. The lowest BCUT2D eigenvalue weighted by Gasteiger charge is -2.36. The molecule has 122 valence electrons. The lowest BCUT2D eigenvalue weighted by molar-refractivity contribution is -0.136. The SMILES string of the molecule is COC(=O)C1=C(C)N(C)C(C)=C(COC=O)C1c1ccccc1. The van der Waals surface area contributed by atoms with E-state index < -0.39 is 0 Å². The first-order chi connectivity index (χ1) is 11.0. The fraction of sp³-hybridized carbons (Fsp3) is 0.333. The molecule has 2 rings (SSSR count). The Morgan fingerprint density at radius 2 is 1.87 bits per heavy atom. The van der Waals surface area contributed by atoms with Gasteiger partial charge in [0, 0.05) is 24.4 Å². The van der Waals surface area contributed by atoms with Crippen molar-refractivity contribution in [2.24, 2.45) is 0 Å². The van der Waals surface area contributed by atoms with E-state index in [-0.39, 0.29) is 18.5 Å². The van der Waals surface area contributed by atoms with Crippen LogP contribution in [-0.4, -0.2) is 38.1 Å². The zero-order valence-corrected chi connectivity index (χ0v) is 13.8. The minimum Gasteiger partial charge on any atom is -0.466 e. The van der Waals surface area contributed by atoms with Gasteiger partial charge in [-0.25, -0.2) is 4.79 Å². The van der Waals surface area contributed by atoms with Crippen LogP contribution in [0.15, 0.2) is 52.9 Å². The second-order valence-corrected chi connectivity index (χ2v) is 5.41. The van der Waals surface area contributed by atoms with Gasteiger partial charge in [0.1, 0.15) is 6.61 Å². The Morgan fingerprint density at radius 1 is 1.22 bits per heavy atom.